The number of phenolic OH excluding ortho intramolecular Hbond substituents is 1. The monoisotopic (exact) mass is 326 g/mol. The lowest BCUT2D eigenvalue weighted by molar-refractivity contribution is 0.468. The molecule has 1 aromatic carbocycles. The molecule has 0 aliphatic heterocycles. The van der Waals surface area contributed by atoms with Gasteiger partial charge in [-0.1, -0.05) is 6.92 Å². The van der Waals surface area contributed by atoms with E-state index < -0.39 is 0 Å². The lowest BCUT2D eigenvalue weighted by atomic mass is 10.1. The largest absolute Gasteiger partial charge is 0.508 e. The molecule has 0 radical (unpaired) electrons. The Labute approximate surface area is 88.1 Å². The van der Waals surface area contributed by atoms with Gasteiger partial charge in [-0.05, 0) is 62.6 Å². The number of benzene rings is 1. The zero-order valence-corrected chi connectivity index (χ0v) is 9.81. The summed E-state index contributed by atoms with van der Waals surface area (Å²) in [4.78, 5) is 0. The van der Waals surface area contributed by atoms with Crippen molar-refractivity contribution in [3.63, 3.8) is 0 Å². The lowest BCUT2D eigenvalue weighted by Crippen LogP contribution is -1.84. The minimum absolute atomic E-state index is 0.375. The third kappa shape index (κ3) is 2.08. The van der Waals surface area contributed by atoms with Gasteiger partial charge in [0.25, 0.3) is 0 Å². The van der Waals surface area contributed by atoms with Gasteiger partial charge in [-0.25, -0.2) is 0 Å². The summed E-state index contributed by atoms with van der Waals surface area (Å²) >= 11 is 5.57. The number of hydrogen-bond donors (Lipinski definition) is 1. The van der Waals surface area contributed by atoms with Crippen LogP contribution in [0.2, 0.25) is 0 Å². The lowest BCUT2D eigenvalue weighted by Gasteiger charge is -2.03. The van der Waals surface area contributed by atoms with Crippen molar-refractivity contribution in [3.05, 3.63) is 25.7 Å². The molecule has 1 rings (SSSR count). The summed E-state index contributed by atoms with van der Waals surface area (Å²) in [5.74, 6) is 0.375. The number of rotatable bonds is 1. The molecule has 0 aliphatic rings. The summed E-state index contributed by atoms with van der Waals surface area (Å²) in [6.07, 6.45) is 0.870. The molecule has 0 bridgehead atoms. The van der Waals surface area contributed by atoms with E-state index in [9.17, 15) is 5.11 Å². The van der Waals surface area contributed by atoms with Crippen LogP contribution in [0.5, 0.6) is 5.75 Å². The van der Waals surface area contributed by atoms with E-state index in [1.54, 1.807) is 6.07 Å². The van der Waals surface area contributed by atoms with Gasteiger partial charge in [-0.3, -0.25) is 0 Å². The Morgan fingerprint density at radius 1 is 1.55 bits per heavy atom. The van der Waals surface area contributed by atoms with Gasteiger partial charge in [0.15, 0.2) is 0 Å². The molecule has 0 unspecified atom stereocenters. The summed E-state index contributed by atoms with van der Waals surface area (Å²) in [6, 6.07) is 3.72. The van der Waals surface area contributed by atoms with E-state index >= 15 is 0 Å². The summed E-state index contributed by atoms with van der Waals surface area (Å²) < 4.78 is 2.09. The van der Waals surface area contributed by atoms with Crippen LogP contribution in [0, 0.1) is 3.57 Å². The highest BCUT2D eigenvalue weighted by molar-refractivity contribution is 14.1. The van der Waals surface area contributed by atoms with E-state index in [2.05, 4.69) is 38.5 Å². The third-order valence-corrected chi connectivity index (χ3v) is 3.79. The van der Waals surface area contributed by atoms with Crippen molar-refractivity contribution in [2.45, 2.75) is 13.3 Å². The van der Waals surface area contributed by atoms with Crippen LogP contribution >= 0.6 is 38.5 Å². The molecular weight excluding hydrogens is 319 g/mol. The Morgan fingerprint density at radius 2 is 2.18 bits per heavy atom. The van der Waals surface area contributed by atoms with Crippen LogP contribution in [-0.2, 0) is 6.42 Å². The first-order chi connectivity index (χ1) is 5.15. The Balaban J connectivity index is 3.21. The number of halogens is 2. The molecule has 0 spiro atoms. The Hall–Kier alpha value is 0.230. The first-order valence-corrected chi connectivity index (χ1v) is 5.19. The Morgan fingerprint density at radius 3 is 2.73 bits per heavy atom. The van der Waals surface area contributed by atoms with Crippen LogP contribution in [0.3, 0.4) is 0 Å². The molecule has 0 saturated heterocycles. The van der Waals surface area contributed by atoms with Crippen LogP contribution in [0.15, 0.2) is 16.6 Å². The number of aromatic hydroxyl groups is 1. The van der Waals surface area contributed by atoms with Crippen LogP contribution < -0.4 is 0 Å². The van der Waals surface area contributed by atoms with Gasteiger partial charge in [0, 0.05) is 8.04 Å². The van der Waals surface area contributed by atoms with Crippen LogP contribution in [-0.4, -0.2) is 5.11 Å². The average Bonchev–Trinajstić information content (AvgIpc) is 1.97. The first-order valence-electron chi connectivity index (χ1n) is 3.32. The predicted molar refractivity (Wildman–Crippen MR) is 57.9 cm³/mol. The molecule has 3 heteroatoms. The van der Waals surface area contributed by atoms with Gasteiger partial charge in [0.1, 0.15) is 5.75 Å². The Bertz CT molecular complexity index is 273. The summed E-state index contributed by atoms with van der Waals surface area (Å²) in [5.41, 5.74) is 0.998. The standard InChI is InChI=1S/C8H8BrIO/c1-2-5-3-7(10)6(9)4-8(5)11/h3-4,11H,2H2,1H3. The maximum absolute atomic E-state index is 9.38. The van der Waals surface area contributed by atoms with Gasteiger partial charge >= 0.3 is 0 Å². The van der Waals surface area contributed by atoms with Gasteiger partial charge in [0.05, 0.1) is 0 Å². The van der Waals surface area contributed by atoms with Gasteiger partial charge in [-0.15, -0.1) is 0 Å². The molecule has 0 heterocycles. The minimum atomic E-state index is 0.375. The fourth-order valence-corrected chi connectivity index (χ4v) is 1.72. The smallest absolute Gasteiger partial charge is 0.119 e. The van der Waals surface area contributed by atoms with Crippen molar-refractivity contribution in [2.75, 3.05) is 0 Å². The van der Waals surface area contributed by atoms with Crippen molar-refractivity contribution in [3.8, 4) is 5.75 Å². The van der Waals surface area contributed by atoms with Crippen molar-refractivity contribution >= 4 is 38.5 Å². The molecule has 11 heavy (non-hydrogen) atoms. The van der Waals surface area contributed by atoms with Crippen LogP contribution in [0.25, 0.3) is 0 Å². The zero-order valence-electron chi connectivity index (χ0n) is 6.06. The molecule has 0 fully saturated rings. The van der Waals surface area contributed by atoms with Crippen LogP contribution in [0.4, 0.5) is 0 Å². The molecule has 1 nitrogen and oxygen atoms in total. The number of aryl methyl sites for hydroxylation is 1. The summed E-state index contributed by atoms with van der Waals surface area (Å²) in [7, 11) is 0. The highest BCUT2D eigenvalue weighted by Crippen LogP contribution is 2.27. The van der Waals surface area contributed by atoms with Gasteiger partial charge in [0.2, 0.25) is 0 Å². The minimum Gasteiger partial charge on any atom is -0.508 e. The van der Waals surface area contributed by atoms with Crippen molar-refractivity contribution < 1.29 is 5.11 Å². The molecule has 0 atom stereocenters. The quantitative estimate of drug-likeness (QED) is 0.785. The molecule has 0 amide bonds. The second-order valence-corrected chi connectivity index (χ2v) is 4.27. The summed E-state index contributed by atoms with van der Waals surface area (Å²) in [5, 5.41) is 9.38. The van der Waals surface area contributed by atoms with Crippen molar-refractivity contribution in [1.29, 1.82) is 0 Å². The number of hydrogen-bond acceptors (Lipinski definition) is 1. The average molecular weight is 327 g/mol. The maximum atomic E-state index is 9.38. The molecule has 0 aromatic heterocycles. The molecule has 1 aromatic rings. The van der Waals surface area contributed by atoms with Gasteiger partial charge in [-0.2, -0.15) is 0 Å². The second kappa shape index (κ2) is 3.76. The summed E-state index contributed by atoms with van der Waals surface area (Å²) in [6.45, 7) is 2.03. The maximum Gasteiger partial charge on any atom is 0.119 e. The highest BCUT2D eigenvalue weighted by Gasteiger charge is 2.02. The third-order valence-electron chi connectivity index (χ3n) is 1.50. The van der Waals surface area contributed by atoms with Crippen molar-refractivity contribution in [1.82, 2.24) is 0 Å². The van der Waals surface area contributed by atoms with E-state index in [-0.39, 0.29) is 0 Å². The van der Waals surface area contributed by atoms with Crippen LogP contribution in [0.1, 0.15) is 12.5 Å². The van der Waals surface area contributed by atoms with Crippen molar-refractivity contribution in [2.24, 2.45) is 0 Å². The zero-order chi connectivity index (χ0) is 8.43. The van der Waals surface area contributed by atoms with E-state index in [4.69, 9.17) is 0 Å². The van der Waals surface area contributed by atoms with E-state index in [1.807, 2.05) is 13.0 Å². The SMILES string of the molecule is CCc1cc(I)c(Br)cc1O. The number of phenols is 1. The van der Waals surface area contributed by atoms with Gasteiger partial charge < -0.3 is 5.11 Å². The normalized spacial score (nSPS) is 10.1. The molecule has 0 saturated carbocycles. The first kappa shape index (κ1) is 9.32. The molecule has 0 aliphatic carbocycles. The van der Waals surface area contributed by atoms with E-state index in [1.165, 1.54) is 0 Å². The molecule has 60 valence electrons. The highest BCUT2D eigenvalue weighted by atomic mass is 127. The fraction of sp³-hybridized carbons (Fsp3) is 0.250. The predicted octanol–water partition coefficient (Wildman–Crippen LogP) is 3.32. The Kier molecular flexibility index (Phi) is 3.18. The van der Waals surface area contributed by atoms with E-state index in [0.717, 1.165) is 20.0 Å². The topological polar surface area (TPSA) is 20.2 Å². The molecular formula is C8H8BrIO. The second-order valence-electron chi connectivity index (χ2n) is 2.25. The molecule has 1 N–H and O–H groups in total. The fourth-order valence-electron chi connectivity index (χ4n) is 0.861. The van der Waals surface area contributed by atoms with E-state index in [0.29, 0.717) is 5.75 Å².